The highest BCUT2D eigenvalue weighted by Gasteiger charge is 2.28. The second kappa shape index (κ2) is 29.6. The Morgan fingerprint density at radius 3 is 1.25 bits per heavy atom. The lowest BCUT2D eigenvalue weighted by Gasteiger charge is -2.28. The highest BCUT2D eigenvalue weighted by atomic mass is 32.2. The fraction of sp³-hybridized carbons (Fsp3) is 0.512. The van der Waals surface area contributed by atoms with E-state index in [4.69, 9.17) is 37.2 Å². The van der Waals surface area contributed by atoms with Crippen LogP contribution in [0.1, 0.15) is 105 Å². The largest absolute Gasteiger partial charge is 0.462 e. The second-order valence-corrected chi connectivity index (χ2v) is 26.3. The molecule has 0 aliphatic rings. The molecule has 6 N–H and O–H groups in total. The van der Waals surface area contributed by atoms with E-state index in [1.807, 2.05) is 0 Å². The molecular weight excluding hydrogens is 1150 g/mol. The predicted molar refractivity (Wildman–Crippen MR) is 275 cm³/mol. The minimum atomic E-state index is -4.56. The van der Waals surface area contributed by atoms with Crippen LogP contribution in [0.2, 0.25) is 0 Å². The van der Waals surface area contributed by atoms with Crippen LogP contribution in [0.15, 0.2) is 48.2 Å². The summed E-state index contributed by atoms with van der Waals surface area (Å²) in [7, 11) is -26.9. The van der Waals surface area contributed by atoms with Gasteiger partial charge in [-0.05, 0) is 82.7 Å². The van der Waals surface area contributed by atoms with Crippen molar-refractivity contribution in [3.05, 3.63) is 81.6 Å². The molecule has 0 unspecified atom stereocenters. The Hall–Kier alpha value is -5.27. The van der Waals surface area contributed by atoms with Crippen LogP contribution in [0.25, 0.3) is 0 Å². The number of rotatable bonds is 33. The first-order chi connectivity index (χ1) is 35.3. The van der Waals surface area contributed by atoms with E-state index >= 15 is 0 Å². The van der Waals surface area contributed by atoms with Crippen molar-refractivity contribution in [3.8, 4) is 0 Å². The normalized spacial score (nSPS) is 13.2. The predicted octanol–water partition coefficient (Wildman–Crippen LogP) is 2.67. The highest BCUT2D eigenvalue weighted by molar-refractivity contribution is 7.86. The number of ether oxygens (including phenoxy) is 4. The van der Waals surface area contributed by atoms with Crippen LogP contribution in [0.3, 0.4) is 0 Å². The molecule has 0 aromatic heterocycles. The molecule has 0 saturated carbocycles. The quantitative estimate of drug-likeness (QED) is 0.0114. The van der Waals surface area contributed by atoms with Gasteiger partial charge in [0.2, 0.25) is 5.69 Å². The molecule has 0 amide bonds. The van der Waals surface area contributed by atoms with Crippen LogP contribution in [0, 0.1) is 13.8 Å². The molecule has 0 atom stereocenters. The van der Waals surface area contributed by atoms with Crippen LogP contribution in [-0.4, -0.2) is 186 Å². The molecular formula is C43H61N2O26S6+. The number of nitrogens with zero attached hydrogens (tertiary/aromatic N) is 2. The standard InChI is InChI=1S/C43H60N2O26S6/c1-30(44(14-6-20-72(50,51)52)38-28-34(40(46)68-16-8-22-74(56,57)58)26-36(32(38)3)42(48)70-18-10-24-76(62,63)64)12-5-13-31(2)45(15-7-21-73(53,54)55)39-29-35(41(47)69-17-9-23-75(59,60)61)27-37(33(39)4)43(49)71-19-11-25-77(65,66)67/h5,12-13,26-29H,6-11,14-25H2,1-4H3,(H5-,50,51,52,53,54,55,56,57,58,59,60,61,62,63,64,65,66,67)/p+1. The van der Waals surface area contributed by atoms with Gasteiger partial charge in [-0.1, -0.05) is 6.08 Å². The van der Waals surface area contributed by atoms with E-state index in [1.54, 1.807) is 0 Å². The molecule has 0 spiro atoms. The van der Waals surface area contributed by atoms with E-state index < -0.39 is 146 Å². The summed E-state index contributed by atoms with van der Waals surface area (Å²) in [6.07, 6.45) is 2.34. The van der Waals surface area contributed by atoms with Gasteiger partial charge in [0.25, 0.3) is 60.7 Å². The first kappa shape index (κ1) is 67.8. The summed E-state index contributed by atoms with van der Waals surface area (Å²) in [4.78, 5) is 55.2. The molecule has 77 heavy (non-hydrogen) atoms. The third kappa shape index (κ3) is 27.2. The Labute approximate surface area is 446 Å². The molecule has 434 valence electrons. The van der Waals surface area contributed by atoms with E-state index in [2.05, 4.69) is 0 Å². The van der Waals surface area contributed by atoms with Gasteiger partial charge >= 0.3 is 23.9 Å². The SMILES string of the molecule is C\C(=C/C=C/C(C)=[N+](\CCCS(=O)(=O)O)c1cc(C(=O)OCCCS(=O)(=O)O)cc(C(=O)OCCCS(=O)(=O)O)c1C)N(CCCS(=O)(=O)O)c1cc(C(=O)OCCCS(=O)(=O)O)cc(C(=O)OCCCS(=O)(=O)O)c1C. The van der Waals surface area contributed by atoms with Crippen molar-refractivity contribution in [1.29, 1.82) is 0 Å². The number of esters is 4. The molecule has 34 heteroatoms. The Bertz CT molecular complexity index is 3280. The molecule has 0 fully saturated rings. The number of allylic oxidation sites excluding steroid dienone is 4. The number of carbonyl (C=O) groups is 4. The maximum Gasteiger partial charge on any atom is 0.338 e. The maximum absolute atomic E-state index is 13.5. The van der Waals surface area contributed by atoms with Gasteiger partial charge in [0.1, 0.15) is 6.54 Å². The van der Waals surface area contributed by atoms with Gasteiger partial charge in [-0.2, -0.15) is 55.1 Å². The van der Waals surface area contributed by atoms with E-state index in [0.29, 0.717) is 0 Å². The van der Waals surface area contributed by atoms with Crippen LogP contribution >= 0.6 is 0 Å². The lowest BCUT2D eigenvalue weighted by molar-refractivity contribution is -0.440. The van der Waals surface area contributed by atoms with Gasteiger partial charge in [-0.25, -0.2) is 19.2 Å². The first-order valence-electron chi connectivity index (χ1n) is 22.7. The lowest BCUT2D eigenvalue weighted by atomic mass is 10.0. The molecule has 0 aliphatic carbocycles. The average Bonchev–Trinajstić information content (AvgIpc) is 3.27. The zero-order valence-electron chi connectivity index (χ0n) is 42.0. The summed E-state index contributed by atoms with van der Waals surface area (Å²) >= 11 is 0. The van der Waals surface area contributed by atoms with Gasteiger partial charge in [0.15, 0.2) is 5.71 Å². The monoisotopic (exact) mass is 1210 g/mol. The minimum absolute atomic E-state index is 0.0296. The van der Waals surface area contributed by atoms with Gasteiger partial charge < -0.3 is 23.8 Å². The smallest absolute Gasteiger partial charge is 0.338 e. The Morgan fingerprint density at radius 2 is 0.844 bits per heavy atom. The summed E-state index contributed by atoms with van der Waals surface area (Å²) in [5, 5.41) is 0. The van der Waals surface area contributed by atoms with Crippen LogP contribution in [0.5, 0.6) is 0 Å². The van der Waals surface area contributed by atoms with Gasteiger partial charge in [0, 0.05) is 49.0 Å². The zero-order chi connectivity index (χ0) is 58.7. The topological polar surface area (TPSA) is 438 Å². The second-order valence-electron chi connectivity index (χ2n) is 16.8. The van der Waals surface area contributed by atoms with Gasteiger partial charge in [-0.3, -0.25) is 27.3 Å². The summed E-state index contributed by atoms with van der Waals surface area (Å²) in [6, 6.07) is 4.56. The minimum Gasteiger partial charge on any atom is -0.462 e. The number of benzene rings is 2. The van der Waals surface area contributed by atoms with Crippen molar-refractivity contribution in [2.45, 2.75) is 66.2 Å². The lowest BCUT2D eigenvalue weighted by Crippen LogP contribution is -2.26. The number of hydrogen-bond donors (Lipinski definition) is 6. The Balaban J connectivity index is 2.93. The van der Waals surface area contributed by atoms with Crippen LogP contribution in [-0.2, 0) is 79.7 Å². The fourth-order valence-corrected chi connectivity index (χ4v) is 9.77. The molecule has 2 aromatic rings. The van der Waals surface area contributed by atoms with Gasteiger partial charge in [-0.15, -0.1) is 0 Å². The molecule has 0 heterocycles. The Morgan fingerprint density at radius 1 is 0.494 bits per heavy atom. The molecule has 2 rings (SSSR count). The molecule has 0 saturated heterocycles. The summed E-state index contributed by atoms with van der Waals surface area (Å²) < 4.78 is 215. The van der Waals surface area contributed by atoms with Crippen LogP contribution in [0.4, 0.5) is 11.4 Å². The average molecular weight is 1210 g/mol. The number of hydrogen-bond acceptors (Lipinski definition) is 21. The van der Waals surface area contributed by atoms with E-state index in [0.717, 1.165) is 12.1 Å². The molecule has 0 radical (unpaired) electrons. The van der Waals surface area contributed by atoms with Gasteiger partial charge in [0.05, 0.1) is 83.2 Å². The summed E-state index contributed by atoms with van der Waals surface area (Å²) in [6.45, 7) is 3.17. The molecule has 0 bridgehead atoms. The third-order valence-corrected chi connectivity index (χ3v) is 15.3. The van der Waals surface area contributed by atoms with Crippen molar-refractivity contribution >= 4 is 102 Å². The Kier molecular flexibility index (Phi) is 26.1. The fourth-order valence-electron chi connectivity index (χ4n) is 6.86. The highest BCUT2D eigenvalue weighted by Crippen LogP contribution is 2.31. The first-order valence-corrected chi connectivity index (χ1v) is 32.4. The summed E-state index contributed by atoms with van der Waals surface area (Å²) in [5.74, 6) is -9.09. The maximum atomic E-state index is 13.5. The van der Waals surface area contributed by atoms with E-state index in [-0.39, 0.29) is 108 Å². The summed E-state index contributed by atoms with van der Waals surface area (Å²) in [5.41, 5.74) is -0.582. The number of anilines is 1. The molecule has 2 aromatic carbocycles. The van der Waals surface area contributed by atoms with E-state index in [1.165, 1.54) is 67.5 Å². The van der Waals surface area contributed by atoms with E-state index in [9.17, 15) is 78.8 Å². The third-order valence-electron chi connectivity index (χ3n) is 10.5. The molecule has 28 nitrogen and oxygen atoms in total. The van der Waals surface area contributed by atoms with Crippen molar-refractivity contribution in [2.24, 2.45) is 0 Å². The van der Waals surface area contributed by atoms with Crippen LogP contribution < -0.4 is 4.90 Å². The molecule has 0 aliphatic heterocycles. The van der Waals surface area contributed by atoms with Crippen molar-refractivity contribution in [2.75, 3.05) is 78.9 Å². The number of carbonyl (C=O) groups excluding carboxylic acids is 4. The van der Waals surface area contributed by atoms with Crippen molar-refractivity contribution in [3.63, 3.8) is 0 Å². The van der Waals surface area contributed by atoms with Crippen molar-refractivity contribution < 1.29 is 121 Å². The zero-order valence-corrected chi connectivity index (χ0v) is 46.9. The van der Waals surface area contributed by atoms with Crippen molar-refractivity contribution in [1.82, 2.24) is 0 Å².